The van der Waals surface area contributed by atoms with Gasteiger partial charge in [0.1, 0.15) is 17.6 Å². The van der Waals surface area contributed by atoms with E-state index < -0.39 is 0 Å². The summed E-state index contributed by atoms with van der Waals surface area (Å²) in [5.41, 5.74) is 3.92. The summed E-state index contributed by atoms with van der Waals surface area (Å²) in [5, 5.41) is 1.96. The molecule has 3 aromatic rings. The summed E-state index contributed by atoms with van der Waals surface area (Å²) in [5.74, 6) is 6.79. The summed E-state index contributed by atoms with van der Waals surface area (Å²) in [6.07, 6.45) is 7.67. The Balaban J connectivity index is 2.24. The van der Waals surface area contributed by atoms with Crippen molar-refractivity contribution in [2.45, 2.75) is 11.8 Å². The van der Waals surface area contributed by atoms with E-state index in [0.29, 0.717) is 17.5 Å². The first-order chi connectivity index (χ1) is 13.2. The molecule has 0 saturated heterocycles. The summed E-state index contributed by atoms with van der Waals surface area (Å²) in [6.45, 7) is 0. The van der Waals surface area contributed by atoms with Gasteiger partial charge in [-0.2, -0.15) is 0 Å². The second kappa shape index (κ2) is 8.74. The van der Waals surface area contributed by atoms with Gasteiger partial charge in [0.15, 0.2) is 0 Å². The smallest absolute Gasteiger partial charge is 0.148 e. The molecule has 0 aromatic heterocycles. The molecule has 0 spiro atoms. The van der Waals surface area contributed by atoms with Gasteiger partial charge < -0.3 is 9.47 Å². The number of hydrogen-bond acceptors (Lipinski definition) is 2. The molecule has 0 N–H and O–H groups in total. The van der Waals surface area contributed by atoms with Gasteiger partial charge in [-0.1, -0.05) is 24.3 Å². The Hall–Kier alpha value is -2.78. The fourth-order valence-corrected chi connectivity index (χ4v) is 3.46. The highest BCUT2D eigenvalue weighted by Gasteiger charge is 2.15. The molecular weight excluding hydrogens is 379 g/mol. The van der Waals surface area contributed by atoms with Gasteiger partial charge in [-0.3, -0.25) is 0 Å². The van der Waals surface area contributed by atoms with Crippen LogP contribution < -0.4 is 9.47 Å². The summed E-state index contributed by atoms with van der Waals surface area (Å²) in [7, 11) is 1.63. The molecule has 4 heteroatoms. The van der Waals surface area contributed by atoms with E-state index in [4.69, 9.17) is 39.1 Å². The molecule has 0 aliphatic heterocycles. The minimum atomic E-state index is 0.347. The molecule has 0 heterocycles. The van der Waals surface area contributed by atoms with Gasteiger partial charge in [-0.25, -0.2) is 0 Å². The third-order valence-electron chi connectivity index (χ3n) is 4.25. The third-order valence-corrected chi connectivity index (χ3v) is 4.83. The number of terminal acetylenes is 1. The van der Waals surface area contributed by atoms with Gasteiger partial charge >= 0.3 is 0 Å². The summed E-state index contributed by atoms with van der Waals surface area (Å²) >= 11 is 12.3. The molecule has 0 unspecified atom stereocenters. The van der Waals surface area contributed by atoms with Crippen molar-refractivity contribution in [1.29, 1.82) is 0 Å². The Labute approximate surface area is 169 Å². The monoisotopic (exact) mass is 394 g/mol. The van der Waals surface area contributed by atoms with Crippen LogP contribution >= 0.6 is 23.2 Å². The van der Waals surface area contributed by atoms with Crippen molar-refractivity contribution in [1.82, 2.24) is 0 Å². The Bertz CT molecular complexity index is 1090. The van der Waals surface area contributed by atoms with Crippen LogP contribution in [0.3, 0.4) is 0 Å². The van der Waals surface area contributed by atoms with E-state index in [1.807, 2.05) is 48.5 Å². The third kappa shape index (κ3) is 3.83. The predicted molar refractivity (Wildman–Crippen MR) is 112 cm³/mol. The first-order valence-corrected chi connectivity index (χ1v) is 9.26. The molecule has 2 nitrogen and oxygen atoms in total. The Morgan fingerprint density at radius 1 is 0.889 bits per heavy atom. The molecule has 0 amide bonds. The second-order valence-electron chi connectivity index (χ2n) is 5.72. The van der Waals surface area contributed by atoms with Crippen LogP contribution in [-0.2, 0) is 11.8 Å². The maximum Gasteiger partial charge on any atom is 0.148 e. The van der Waals surface area contributed by atoms with Crippen molar-refractivity contribution in [3.8, 4) is 47.0 Å². The SMILES string of the molecule is C#CC#COc1ccc(-c2cc(CCl)c(OC)cc2CCl)c2ccccc12. The van der Waals surface area contributed by atoms with Crippen molar-refractivity contribution in [2.24, 2.45) is 0 Å². The van der Waals surface area contributed by atoms with Crippen LogP contribution in [0.25, 0.3) is 21.9 Å². The largest absolute Gasteiger partial charge is 0.496 e. The first-order valence-electron chi connectivity index (χ1n) is 8.19. The highest BCUT2D eigenvalue weighted by molar-refractivity contribution is 6.18. The number of methoxy groups -OCH3 is 1. The van der Waals surface area contributed by atoms with E-state index in [9.17, 15) is 0 Å². The lowest BCUT2D eigenvalue weighted by Crippen LogP contribution is -1.96. The van der Waals surface area contributed by atoms with E-state index in [0.717, 1.165) is 38.8 Å². The second-order valence-corrected chi connectivity index (χ2v) is 6.25. The van der Waals surface area contributed by atoms with Crippen LogP contribution in [0, 0.1) is 24.4 Å². The first kappa shape index (κ1) is 19.0. The topological polar surface area (TPSA) is 18.5 Å². The van der Waals surface area contributed by atoms with Gasteiger partial charge in [0.05, 0.1) is 13.0 Å². The Morgan fingerprint density at radius 3 is 2.30 bits per heavy atom. The Kier molecular flexibility index (Phi) is 6.15. The minimum absolute atomic E-state index is 0.347. The van der Waals surface area contributed by atoms with Crippen molar-refractivity contribution < 1.29 is 9.47 Å². The van der Waals surface area contributed by atoms with Gasteiger partial charge in [0.25, 0.3) is 0 Å². The van der Waals surface area contributed by atoms with Gasteiger partial charge in [-0.05, 0) is 52.3 Å². The molecule has 0 fully saturated rings. The zero-order valence-electron chi connectivity index (χ0n) is 14.7. The molecule has 0 saturated carbocycles. The van der Waals surface area contributed by atoms with E-state index >= 15 is 0 Å². The number of halogens is 2. The summed E-state index contributed by atoms with van der Waals surface area (Å²) in [6, 6.07) is 15.8. The van der Waals surface area contributed by atoms with Crippen LogP contribution in [0.2, 0.25) is 0 Å². The molecule has 3 aromatic carbocycles. The number of rotatable bonds is 5. The average Bonchev–Trinajstić information content (AvgIpc) is 2.73. The number of alkyl halides is 2. The van der Waals surface area contributed by atoms with Crippen molar-refractivity contribution in [2.75, 3.05) is 7.11 Å². The minimum Gasteiger partial charge on any atom is -0.496 e. The lowest BCUT2D eigenvalue weighted by Gasteiger charge is -2.16. The number of benzene rings is 3. The molecular formula is C23H16Cl2O2. The zero-order chi connectivity index (χ0) is 19.2. The quantitative estimate of drug-likeness (QED) is 0.392. The van der Waals surface area contributed by atoms with Crippen LogP contribution in [0.15, 0.2) is 48.5 Å². The van der Waals surface area contributed by atoms with E-state index in [2.05, 4.69) is 17.9 Å². The molecule has 27 heavy (non-hydrogen) atoms. The zero-order valence-corrected chi connectivity index (χ0v) is 16.2. The summed E-state index contributed by atoms with van der Waals surface area (Å²) < 4.78 is 11.0. The number of fused-ring (bicyclic) bond motifs is 1. The highest BCUT2D eigenvalue weighted by Crippen LogP contribution is 2.39. The predicted octanol–water partition coefficient (Wildman–Crippen LogP) is 5.97. The molecule has 0 aliphatic carbocycles. The molecule has 0 bridgehead atoms. The standard InChI is InChI=1S/C23H16Cl2O2/c1-3-4-11-27-22-10-9-19(18-7-5-6-8-20(18)22)21-12-17(15-25)23(26-2)13-16(21)14-24/h1,5-10,12-13H,14-15H2,2H3. The average molecular weight is 395 g/mol. The maximum atomic E-state index is 6.22. The van der Waals surface area contributed by atoms with E-state index in [1.54, 1.807) is 7.11 Å². The van der Waals surface area contributed by atoms with Crippen LogP contribution in [0.1, 0.15) is 11.1 Å². The van der Waals surface area contributed by atoms with E-state index in [1.165, 1.54) is 0 Å². The lowest BCUT2D eigenvalue weighted by molar-refractivity contribution is 0.411. The number of hydrogen-bond donors (Lipinski definition) is 0. The fraction of sp³-hybridized carbons (Fsp3) is 0.130. The molecule has 0 aliphatic rings. The highest BCUT2D eigenvalue weighted by atomic mass is 35.5. The van der Waals surface area contributed by atoms with Crippen molar-refractivity contribution in [3.05, 3.63) is 59.7 Å². The van der Waals surface area contributed by atoms with Gasteiger partial charge in [0.2, 0.25) is 0 Å². The van der Waals surface area contributed by atoms with Gasteiger partial charge in [0, 0.05) is 22.8 Å². The summed E-state index contributed by atoms with van der Waals surface area (Å²) in [4.78, 5) is 0. The maximum absolute atomic E-state index is 6.22. The van der Waals surface area contributed by atoms with Crippen LogP contribution in [0.5, 0.6) is 11.5 Å². The van der Waals surface area contributed by atoms with Crippen molar-refractivity contribution >= 4 is 34.0 Å². The molecule has 0 radical (unpaired) electrons. The fourth-order valence-electron chi connectivity index (χ4n) is 3.03. The normalized spacial score (nSPS) is 10.0. The van der Waals surface area contributed by atoms with Crippen LogP contribution in [0.4, 0.5) is 0 Å². The van der Waals surface area contributed by atoms with Gasteiger partial charge in [-0.15, -0.1) is 29.6 Å². The van der Waals surface area contributed by atoms with Crippen molar-refractivity contribution in [3.63, 3.8) is 0 Å². The Morgan fingerprint density at radius 2 is 1.63 bits per heavy atom. The lowest BCUT2D eigenvalue weighted by atomic mass is 9.93. The molecule has 3 rings (SSSR count). The van der Waals surface area contributed by atoms with Crippen LogP contribution in [-0.4, -0.2) is 7.11 Å². The molecule has 134 valence electrons. The van der Waals surface area contributed by atoms with E-state index in [-0.39, 0.29) is 0 Å². The molecule has 0 atom stereocenters. The number of ether oxygens (including phenoxy) is 2.